The third-order valence-electron chi connectivity index (χ3n) is 2.55. The van der Waals surface area contributed by atoms with Crippen LogP contribution < -0.4 is 5.32 Å². The second-order valence-corrected chi connectivity index (χ2v) is 5.23. The molecule has 0 aliphatic carbocycles. The molecule has 2 N–H and O–H groups in total. The van der Waals surface area contributed by atoms with Gasteiger partial charge in [-0.15, -0.1) is 0 Å². The number of aromatic carboxylic acids is 1. The topological polar surface area (TPSA) is 71.3 Å². The van der Waals surface area contributed by atoms with Crippen LogP contribution in [0.1, 0.15) is 10.4 Å². The predicted molar refractivity (Wildman–Crippen MR) is 79.2 cm³/mol. The van der Waals surface area contributed by atoms with Crippen LogP contribution >= 0.6 is 27.5 Å². The molecule has 2 aromatic rings. The second-order valence-electron chi connectivity index (χ2n) is 4.01. The van der Waals surface area contributed by atoms with Crippen LogP contribution in [0.4, 0.5) is 5.69 Å². The Morgan fingerprint density at radius 1 is 1.35 bits per heavy atom. The standard InChI is InChI=1S/C13H10BrClN2O3/c14-11-5-8(13(19)20)6-17(11)7-12(18)16-10-4-2-1-3-9(10)15/h1-6H,7H2,(H,16,18)(H,19,20). The molecule has 1 aromatic carbocycles. The fraction of sp³-hybridized carbons (Fsp3) is 0.0769. The van der Waals surface area contributed by atoms with E-state index in [1.165, 1.54) is 16.8 Å². The molecule has 0 aliphatic rings. The summed E-state index contributed by atoms with van der Waals surface area (Å²) in [6.45, 7) is -0.0148. The number of nitrogens with zero attached hydrogens (tertiary/aromatic N) is 1. The smallest absolute Gasteiger partial charge is 0.337 e. The van der Waals surface area contributed by atoms with E-state index in [1.54, 1.807) is 24.3 Å². The summed E-state index contributed by atoms with van der Waals surface area (Å²) in [6.07, 6.45) is 1.39. The molecule has 0 saturated carbocycles. The first-order chi connectivity index (χ1) is 9.47. The van der Waals surface area contributed by atoms with E-state index in [2.05, 4.69) is 21.2 Å². The number of amides is 1. The van der Waals surface area contributed by atoms with E-state index in [0.717, 1.165) is 0 Å². The normalized spacial score (nSPS) is 10.3. The first kappa shape index (κ1) is 14.6. The highest BCUT2D eigenvalue weighted by Crippen LogP contribution is 2.21. The molecule has 0 spiro atoms. The zero-order valence-electron chi connectivity index (χ0n) is 10.1. The predicted octanol–water partition coefficient (Wildman–Crippen LogP) is 3.24. The number of rotatable bonds is 4. The lowest BCUT2D eigenvalue weighted by atomic mass is 10.3. The van der Waals surface area contributed by atoms with Gasteiger partial charge in [-0.25, -0.2) is 4.79 Å². The number of benzene rings is 1. The number of aromatic nitrogens is 1. The minimum absolute atomic E-state index is 0.0148. The second kappa shape index (κ2) is 6.11. The molecule has 20 heavy (non-hydrogen) atoms. The van der Waals surface area contributed by atoms with Crippen molar-refractivity contribution >= 4 is 45.1 Å². The average molecular weight is 358 g/mol. The molecule has 1 amide bonds. The highest BCUT2D eigenvalue weighted by molar-refractivity contribution is 9.10. The van der Waals surface area contributed by atoms with Crippen LogP contribution in [0.15, 0.2) is 41.1 Å². The van der Waals surface area contributed by atoms with Crippen molar-refractivity contribution in [3.8, 4) is 0 Å². The van der Waals surface area contributed by atoms with Crippen molar-refractivity contribution < 1.29 is 14.7 Å². The van der Waals surface area contributed by atoms with Gasteiger partial charge in [0.1, 0.15) is 6.54 Å². The number of carboxylic acid groups (broad SMARTS) is 1. The Morgan fingerprint density at radius 2 is 2.05 bits per heavy atom. The number of hydrogen-bond donors (Lipinski definition) is 2. The SMILES string of the molecule is O=C(Cn1cc(C(=O)O)cc1Br)Nc1ccccc1Cl. The lowest BCUT2D eigenvalue weighted by molar-refractivity contribution is -0.116. The van der Waals surface area contributed by atoms with Gasteiger partial charge in [0.2, 0.25) is 5.91 Å². The van der Waals surface area contributed by atoms with Crippen LogP contribution in [-0.4, -0.2) is 21.6 Å². The summed E-state index contributed by atoms with van der Waals surface area (Å²) >= 11 is 9.15. The molecule has 1 heterocycles. The van der Waals surface area contributed by atoms with E-state index in [1.807, 2.05) is 0 Å². The molecule has 0 bridgehead atoms. The average Bonchev–Trinajstić information content (AvgIpc) is 2.74. The summed E-state index contributed by atoms with van der Waals surface area (Å²) in [5, 5.41) is 12.0. The van der Waals surface area contributed by atoms with Gasteiger partial charge in [-0.3, -0.25) is 4.79 Å². The summed E-state index contributed by atoms with van der Waals surface area (Å²) in [5.41, 5.74) is 0.628. The molecule has 0 saturated heterocycles. The molecule has 0 fully saturated rings. The van der Waals surface area contributed by atoms with Crippen molar-refractivity contribution in [2.24, 2.45) is 0 Å². The number of hydrogen-bond acceptors (Lipinski definition) is 2. The van der Waals surface area contributed by atoms with Gasteiger partial charge in [-0.2, -0.15) is 0 Å². The Labute approximate surface area is 128 Å². The summed E-state index contributed by atoms with van der Waals surface area (Å²) in [5.74, 6) is -1.35. The van der Waals surface area contributed by atoms with Gasteiger partial charge in [0.15, 0.2) is 0 Å². The molecule has 2 rings (SSSR count). The Morgan fingerprint density at radius 3 is 2.65 bits per heavy atom. The molecule has 5 nitrogen and oxygen atoms in total. The maximum atomic E-state index is 11.9. The van der Waals surface area contributed by atoms with Crippen molar-refractivity contribution in [3.63, 3.8) is 0 Å². The van der Waals surface area contributed by atoms with Crippen LogP contribution in [0.25, 0.3) is 0 Å². The van der Waals surface area contributed by atoms with E-state index in [4.69, 9.17) is 16.7 Å². The van der Waals surface area contributed by atoms with E-state index in [9.17, 15) is 9.59 Å². The number of carboxylic acids is 1. The number of nitrogens with one attached hydrogen (secondary N) is 1. The van der Waals surface area contributed by atoms with Crippen molar-refractivity contribution in [1.29, 1.82) is 0 Å². The monoisotopic (exact) mass is 356 g/mol. The van der Waals surface area contributed by atoms with E-state index < -0.39 is 5.97 Å². The minimum atomic E-state index is -1.05. The number of anilines is 1. The number of carbonyl (C=O) groups is 2. The van der Waals surface area contributed by atoms with Crippen molar-refractivity contribution in [2.45, 2.75) is 6.54 Å². The zero-order chi connectivity index (χ0) is 14.7. The van der Waals surface area contributed by atoms with Gasteiger partial charge in [-0.1, -0.05) is 23.7 Å². The van der Waals surface area contributed by atoms with E-state index >= 15 is 0 Å². The van der Waals surface area contributed by atoms with Crippen LogP contribution in [0.2, 0.25) is 5.02 Å². The Hall–Kier alpha value is -1.79. The van der Waals surface area contributed by atoms with Gasteiger partial charge in [0.25, 0.3) is 0 Å². The zero-order valence-corrected chi connectivity index (χ0v) is 12.5. The number of para-hydroxylation sites is 1. The Balaban J connectivity index is 2.09. The first-order valence-electron chi connectivity index (χ1n) is 5.60. The Bertz CT molecular complexity index is 669. The van der Waals surface area contributed by atoms with Gasteiger partial charge in [0.05, 0.1) is 20.9 Å². The fourth-order valence-corrected chi connectivity index (χ4v) is 2.28. The van der Waals surface area contributed by atoms with Crippen LogP contribution in [0.3, 0.4) is 0 Å². The van der Waals surface area contributed by atoms with Crippen molar-refractivity contribution in [3.05, 3.63) is 51.7 Å². The molecule has 7 heteroatoms. The molecular weight excluding hydrogens is 348 g/mol. The van der Waals surface area contributed by atoms with Crippen LogP contribution in [0, 0.1) is 0 Å². The minimum Gasteiger partial charge on any atom is -0.478 e. The Kier molecular flexibility index (Phi) is 4.46. The molecular formula is C13H10BrClN2O3. The number of halogens is 2. The molecule has 0 aliphatic heterocycles. The summed E-state index contributed by atoms with van der Waals surface area (Å²) in [7, 11) is 0. The van der Waals surface area contributed by atoms with Crippen molar-refractivity contribution in [2.75, 3.05) is 5.32 Å². The van der Waals surface area contributed by atoms with Gasteiger partial charge in [0, 0.05) is 6.20 Å². The largest absolute Gasteiger partial charge is 0.478 e. The maximum Gasteiger partial charge on any atom is 0.337 e. The quantitative estimate of drug-likeness (QED) is 0.882. The van der Waals surface area contributed by atoms with Crippen LogP contribution in [-0.2, 0) is 11.3 Å². The van der Waals surface area contributed by atoms with Gasteiger partial charge in [-0.05, 0) is 34.1 Å². The summed E-state index contributed by atoms with van der Waals surface area (Å²) in [4.78, 5) is 22.7. The number of carbonyl (C=O) groups excluding carboxylic acids is 1. The lowest BCUT2D eigenvalue weighted by Gasteiger charge is -2.08. The molecule has 0 unspecified atom stereocenters. The highest BCUT2D eigenvalue weighted by atomic mass is 79.9. The van der Waals surface area contributed by atoms with Gasteiger partial charge < -0.3 is 15.0 Å². The van der Waals surface area contributed by atoms with Gasteiger partial charge >= 0.3 is 5.97 Å². The summed E-state index contributed by atoms with van der Waals surface area (Å²) in [6, 6.07) is 8.32. The fourth-order valence-electron chi connectivity index (χ4n) is 1.62. The van der Waals surface area contributed by atoms with E-state index in [-0.39, 0.29) is 18.0 Å². The first-order valence-corrected chi connectivity index (χ1v) is 6.78. The molecule has 104 valence electrons. The van der Waals surface area contributed by atoms with E-state index in [0.29, 0.717) is 15.3 Å². The summed E-state index contributed by atoms with van der Waals surface area (Å²) < 4.78 is 2.01. The molecule has 1 aromatic heterocycles. The third-order valence-corrected chi connectivity index (χ3v) is 3.57. The highest BCUT2D eigenvalue weighted by Gasteiger charge is 2.12. The molecule has 0 radical (unpaired) electrons. The molecule has 0 atom stereocenters. The maximum absolute atomic E-state index is 11.9. The third kappa shape index (κ3) is 3.40. The lowest BCUT2D eigenvalue weighted by Crippen LogP contribution is -2.18. The van der Waals surface area contributed by atoms with Crippen molar-refractivity contribution in [1.82, 2.24) is 4.57 Å². The van der Waals surface area contributed by atoms with Crippen LogP contribution in [0.5, 0.6) is 0 Å².